The molecule has 0 unspecified atom stereocenters. The summed E-state index contributed by atoms with van der Waals surface area (Å²) in [6.45, 7) is 0. The largest absolute Gasteiger partial charge is 0.274 e. The fourth-order valence-corrected chi connectivity index (χ4v) is 0. The summed E-state index contributed by atoms with van der Waals surface area (Å²) in [5.74, 6) is 0. The Balaban J connectivity index is 4.10. The molecule has 0 radical (unpaired) electrons. The minimum Gasteiger partial charge on any atom is -0.200 e. The average Bonchev–Trinajstić information content (AvgIpc) is 1.31. The maximum atomic E-state index is 10.2. The molecule has 0 aliphatic rings. The molecule has 0 aromatic heterocycles. The third-order valence-electron chi connectivity index (χ3n) is 0.436. The minimum absolute atomic E-state index is 1.08. The zero-order valence-electron chi connectivity index (χ0n) is 4.05. The summed E-state index contributed by atoms with van der Waals surface area (Å²) in [5.41, 5.74) is 0. The first kappa shape index (κ1) is 7.39. The zero-order valence-corrected chi connectivity index (χ0v) is 6.45. The van der Waals surface area contributed by atoms with Crippen molar-refractivity contribution < 1.29 is 8.42 Å². The van der Waals surface area contributed by atoms with Crippen molar-refractivity contribution >= 4 is 23.3 Å². The van der Waals surface area contributed by atoms with Crippen LogP contribution in [-0.4, -0.2) is 26.8 Å². The standard InChI is InChI=1S/C2H6BrNO2S/c1-4(2)7(3,5)6/h1-2H3. The second-order valence-corrected chi connectivity index (χ2v) is 5.23. The van der Waals surface area contributed by atoms with Crippen LogP contribution < -0.4 is 0 Å². The quantitative estimate of drug-likeness (QED) is 0.550. The molecule has 0 aliphatic carbocycles. The van der Waals surface area contributed by atoms with Gasteiger partial charge in [-0.2, -0.15) is 4.31 Å². The Morgan fingerprint density at radius 2 is 1.57 bits per heavy atom. The molecule has 0 aliphatic heterocycles. The number of hydrogen-bond donors (Lipinski definition) is 0. The summed E-state index contributed by atoms with van der Waals surface area (Å²) in [6.07, 6.45) is 0. The van der Waals surface area contributed by atoms with E-state index in [2.05, 4.69) is 14.8 Å². The lowest BCUT2D eigenvalue weighted by Gasteiger charge is -2.00. The highest BCUT2D eigenvalue weighted by Crippen LogP contribution is 2.00. The summed E-state index contributed by atoms with van der Waals surface area (Å²) in [5, 5.41) is 0. The van der Waals surface area contributed by atoms with E-state index in [9.17, 15) is 8.42 Å². The maximum absolute atomic E-state index is 10.2. The van der Waals surface area contributed by atoms with Crippen molar-refractivity contribution in [3.05, 3.63) is 0 Å². The number of hydrogen-bond acceptors (Lipinski definition) is 2. The highest BCUT2D eigenvalue weighted by molar-refractivity contribution is 9.47. The van der Waals surface area contributed by atoms with Gasteiger partial charge in [0.25, 0.3) is 8.46 Å². The lowest BCUT2D eigenvalue weighted by molar-refractivity contribution is 0.540. The van der Waals surface area contributed by atoms with E-state index in [4.69, 9.17) is 0 Å². The number of nitrogens with zero attached hydrogens (tertiary/aromatic N) is 1. The Kier molecular flexibility index (Phi) is 2.22. The second-order valence-electron chi connectivity index (χ2n) is 1.22. The van der Waals surface area contributed by atoms with Crippen LogP contribution in [0.15, 0.2) is 0 Å². The number of halogens is 1. The Morgan fingerprint density at radius 1 is 1.43 bits per heavy atom. The van der Waals surface area contributed by atoms with Crippen molar-refractivity contribution in [1.82, 2.24) is 4.31 Å². The van der Waals surface area contributed by atoms with Crippen molar-refractivity contribution in [2.75, 3.05) is 14.1 Å². The highest BCUT2D eigenvalue weighted by Gasteiger charge is 2.04. The predicted octanol–water partition coefficient (Wildman–Crippen LogP) is 0.188. The maximum Gasteiger partial charge on any atom is 0.274 e. The van der Waals surface area contributed by atoms with E-state index < -0.39 is 8.46 Å². The van der Waals surface area contributed by atoms with Gasteiger partial charge < -0.3 is 0 Å². The van der Waals surface area contributed by atoms with Crippen molar-refractivity contribution in [2.45, 2.75) is 0 Å². The smallest absolute Gasteiger partial charge is 0.200 e. The molecule has 44 valence electrons. The normalized spacial score (nSPS) is 12.6. The summed E-state index contributed by atoms with van der Waals surface area (Å²) >= 11 is 2.44. The van der Waals surface area contributed by atoms with Crippen LogP contribution in [0, 0.1) is 0 Å². The predicted molar refractivity (Wildman–Crippen MR) is 31.5 cm³/mol. The van der Waals surface area contributed by atoms with E-state index in [0.717, 1.165) is 4.31 Å². The van der Waals surface area contributed by atoms with E-state index in [1.54, 1.807) is 0 Å². The summed E-state index contributed by atoms with van der Waals surface area (Å²) in [6, 6.07) is 0. The van der Waals surface area contributed by atoms with Crippen molar-refractivity contribution in [3.63, 3.8) is 0 Å². The van der Waals surface area contributed by atoms with Gasteiger partial charge in [-0.3, -0.25) is 0 Å². The van der Waals surface area contributed by atoms with Crippen LogP contribution in [-0.2, 0) is 8.46 Å². The molecular weight excluding hydrogens is 182 g/mol. The fourth-order valence-electron chi connectivity index (χ4n) is 0. The topological polar surface area (TPSA) is 37.4 Å². The van der Waals surface area contributed by atoms with Gasteiger partial charge >= 0.3 is 0 Å². The summed E-state index contributed by atoms with van der Waals surface area (Å²) in [4.78, 5) is 0. The van der Waals surface area contributed by atoms with Gasteiger partial charge in [-0.1, -0.05) is 0 Å². The van der Waals surface area contributed by atoms with Gasteiger partial charge in [0.1, 0.15) is 0 Å². The minimum atomic E-state index is -3.09. The van der Waals surface area contributed by atoms with Gasteiger partial charge in [-0.15, -0.1) is 0 Å². The average molecular weight is 188 g/mol. The van der Waals surface area contributed by atoms with E-state index in [1.807, 2.05) is 0 Å². The first-order chi connectivity index (χ1) is 2.94. The molecule has 0 saturated heterocycles. The molecule has 7 heavy (non-hydrogen) atoms. The SMILES string of the molecule is CN(C)S(=O)(=O)Br. The first-order valence-electron chi connectivity index (χ1n) is 1.56. The van der Waals surface area contributed by atoms with Gasteiger partial charge in [0, 0.05) is 14.1 Å². The molecule has 0 atom stereocenters. The van der Waals surface area contributed by atoms with Crippen LogP contribution in [0.1, 0.15) is 0 Å². The van der Waals surface area contributed by atoms with Crippen LogP contribution in [0.5, 0.6) is 0 Å². The molecule has 0 aromatic carbocycles. The van der Waals surface area contributed by atoms with Gasteiger partial charge in [0.15, 0.2) is 0 Å². The first-order valence-corrected chi connectivity index (χ1v) is 4.85. The van der Waals surface area contributed by atoms with Crippen LogP contribution in [0.2, 0.25) is 0 Å². The molecule has 0 fully saturated rings. The molecule has 0 saturated carbocycles. The van der Waals surface area contributed by atoms with Gasteiger partial charge in [-0.05, 0) is 0 Å². The molecule has 0 heterocycles. The fraction of sp³-hybridized carbons (Fsp3) is 1.00. The molecule has 0 bridgehead atoms. The molecular formula is C2H6BrNO2S. The number of rotatable bonds is 1. The summed E-state index contributed by atoms with van der Waals surface area (Å²) in [7, 11) is -0.198. The molecule has 0 aromatic rings. The van der Waals surface area contributed by atoms with E-state index in [-0.39, 0.29) is 0 Å². The van der Waals surface area contributed by atoms with E-state index in [0.29, 0.717) is 0 Å². The summed E-state index contributed by atoms with van der Waals surface area (Å²) < 4.78 is 21.4. The monoisotopic (exact) mass is 187 g/mol. The third kappa shape index (κ3) is 3.02. The van der Waals surface area contributed by atoms with Crippen LogP contribution in [0.4, 0.5) is 0 Å². The Labute approximate surface area is 50.6 Å². The van der Waals surface area contributed by atoms with Crippen LogP contribution in [0.25, 0.3) is 0 Å². The van der Waals surface area contributed by atoms with Gasteiger partial charge in [0.2, 0.25) is 0 Å². The molecule has 3 nitrogen and oxygen atoms in total. The van der Waals surface area contributed by atoms with Crippen molar-refractivity contribution in [2.24, 2.45) is 0 Å². The third-order valence-corrected chi connectivity index (χ3v) is 3.05. The Bertz CT molecular complexity index is 138. The molecule has 0 rings (SSSR count). The Hall–Kier alpha value is 0.390. The lowest BCUT2D eigenvalue weighted by Crippen LogP contribution is -2.14. The van der Waals surface area contributed by atoms with Crippen molar-refractivity contribution in [1.29, 1.82) is 0 Å². The molecule has 5 heteroatoms. The van der Waals surface area contributed by atoms with Gasteiger partial charge in [-0.25, -0.2) is 8.42 Å². The Morgan fingerprint density at radius 3 is 1.57 bits per heavy atom. The second kappa shape index (κ2) is 2.11. The molecule has 0 spiro atoms. The molecule has 0 N–H and O–H groups in total. The van der Waals surface area contributed by atoms with E-state index >= 15 is 0 Å². The molecule has 0 amide bonds. The van der Waals surface area contributed by atoms with Gasteiger partial charge in [0.05, 0.1) is 14.8 Å². The van der Waals surface area contributed by atoms with E-state index in [1.165, 1.54) is 14.1 Å². The van der Waals surface area contributed by atoms with Crippen LogP contribution in [0.3, 0.4) is 0 Å². The van der Waals surface area contributed by atoms with Crippen LogP contribution >= 0.6 is 14.8 Å². The highest BCUT2D eigenvalue weighted by atomic mass is 79.9. The van der Waals surface area contributed by atoms with Crippen molar-refractivity contribution in [3.8, 4) is 0 Å². The zero-order chi connectivity index (χ0) is 6.08. The lowest BCUT2D eigenvalue weighted by atomic mass is 11.3.